The van der Waals surface area contributed by atoms with Gasteiger partial charge in [-0.15, -0.1) is 11.3 Å². The van der Waals surface area contributed by atoms with E-state index in [1.54, 1.807) is 10.8 Å². The summed E-state index contributed by atoms with van der Waals surface area (Å²) in [6, 6.07) is 11.6. The van der Waals surface area contributed by atoms with E-state index < -0.39 is 0 Å². The number of pyridine rings is 1. The van der Waals surface area contributed by atoms with Crippen LogP contribution in [0.1, 0.15) is 5.82 Å². The molecule has 0 aliphatic rings. The van der Waals surface area contributed by atoms with Gasteiger partial charge in [0.25, 0.3) is 5.56 Å². The van der Waals surface area contributed by atoms with Gasteiger partial charge in [-0.25, -0.2) is 9.97 Å². The summed E-state index contributed by atoms with van der Waals surface area (Å²) in [5, 5.41) is 0.947. The maximum atomic E-state index is 13.1. The molecule has 0 saturated carbocycles. The lowest BCUT2D eigenvalue weighted by Gasteiger charge is -2.13. The summed E-state index contributed by atoms with van der Waals surface area (Å²) in [6.45, 7) is 1.86. The molecule has 0 aliphatic heterocycles. The standard InChI is InChI=1S/C18H16N4OS/c1-11-20-15-14-13(21(2)3)9-10-19-17(14)24-16(15)18(23)22(11)12-7-5-4-6-8-12/h4-10H,1-3H3. The third-order valence-corrected chi connectivity index (χ3v) is 5.11. The highest BCUT2D eigenvalue weighted by molar-refractivity contribution is 7.25. The van der Waals surface area contributed by atoms with Gasteiger partial charge in [0.15, 0.2) is 0 Å². The number of anilines is 1. The van der Waals surface area contributed by atoms with Crippen LogP contribution in [0, 0.1) is 6.92 Å². The van der Waals surface area contributed by atoms with Gasteiger partial charge in [-0.05, 0) is 25.1 Å². The lowest BCUT2D eigenvalue weighted by Crippen LogP contribution is -2.21. The van der Waals surface area contributed by atoms with E-state index in [4.69, 9.17) is 4.98 Å². The summed E-state index contributed by atoms with van der Waals surface area (Å²) in [7, 11) is 3.96. The number of aromatic nitrogens is 3. The van der Waals surface area contributed by atoms with Gasteiger partial charge in [0.2, 0.25) is 0 Å². The molecule has 0 radical (unpaired) electrons. The molecular weight excluding hydrogens is 320 g/mol. The van der Waals surface area contributed by atoms with Crippen molar-refractivity contribution >= 4 is 37.5 Å². The normalized spacial score (nSPS) is 11.3. The molecule has 120 valence electrons. The highest BCUT2D eigenvalue weighted by atomic mass is 32.1. The highest BCUT2D eigenvalue weighted by Crippen LogP contribution is 2.35. The van der Waals surface area contributed by atoms with Gasteiger partial charge in [0, 0.05) is 20.3 Å². The van der Waals surface area contributed by atoms with Crippen molar-refractivity contribution in [1.82, 2.24) is 14.5 Å². The largest absolute Gasteiger partial charge is 0.377 e. The van der Waals surface area contributed by atoms with Crippen molar-refractivity contribution in [2.45, 2.75) is 6.92 Å². The van der Waals surface area contributed by atoms with E-state index in [-0.39, 0.29) is 5.56 Å². The van der Waals surface area contributed by atoms with Crippen molar-refractivity contribution in [1.29, 1.82) is 0 Å². The number of para-hydroxylation sites is 1. The smallest absolute Gasteiger partial charge is 0.276 e. The van der Waals surface area contributed by atoms with Crippen LogP contribution in [0.5, 0.6) is 0 Å². The van der Waals surface area contributed by atoms with Crippen molar-refractivity contribution in [2.75, 3.05) is 19.0 Å². The zero-order valence-corrected chi connectivity index (χ0v) is 14.5. The molecule has 0 spiro atoms. The minimum atomic E-state index is -0.0450. The average Bonchev–Trinajstić information content (AvgIpc) is 2.95. The fourth-order valence-corrected chi connectivity index (χ4v) is 3.99. The molecule has 0 N–H and O–H groups in total. The van der Waals surface area contributed by atoms with Crippen LogP contribution in [0.4, 0.5) is 5.69 Å². The Morgan fingerprint density at radius 3 is 2.58 bits per heavy atom. The third-order valence-electron chi connectivity index (χ3n) is 4.04. The summed E-state index contributed by atoms with van der Waals surface area (Å²) in [5.74, 6) is 0.673. The predicted octanol–water partition coefficient (Wildman–Crippen LogP) is 3.37. The number of hydrogen-bond donors (Lipinski definition) is 0. The fraction of sp³-hybridized carbons (Fsp3) is 0.167. The summed E-state index contributed by atoms with van der Waals surface area (Å²) in [4.78, 5) is 25.1. The Kier molecular flexibility index (Phi) is 3.35. The van der Waals surface area contributed by atoms with Crippen LogP contribution < -0.4 is 10.5 Å². The zero-order valence-electron chi connectivity index (χ0n) is 13.6. The van der Waals surface area contributed by atoms with Crippen molar-refractivity contribution in [3.8, 4) is 5.69 Å². The van der Waals surface area contributed by atoms with Gasteiger partial charge in [0.1, 0.15) is 20.9 Å². The third kappa shape index (κ3) is 2.11. The monoisotopic (exact) mass is 336 g/mol. The maximum Gasteiger partial charge on any atom is 0.276 e. The molecule has 6 heteroatoms. The quantitative estimate of drug-likeness (QED) is 0.563. The second-order valence-corrected chi connectivity index (χ2v) is 6.82. The lowest BCUT2D eigenvalue weighted by atomic mass is 10.2. The van der Waals surface area contributed by atoms with Gasteiger partial charge in [-0.2, -0.15) is 0 Å². The van der Waals surface area contributed by atoms with Crippen LogP contribution in [-0.4, -0.2) is 28.6 Å². The molecule has 0 fully saturated rings. The Labute approximate surface area is 142 Å². The van der Waals surface area contributed by atoms with Crippen LogP contribution in [0.15, 0.2) is 47.4 Å². The number of nitrogens with zero attached hydrogens (tertiary/aromatic N) is 4. The molecule has 3 heterocycles. The molecule has 0 bridgehead atoms. The number of thiophene rings is 1. The van der Waals surface area contributed by atoms with Crippen molar-refractivity contribution in [3.63, 3.8) is 0 Å². The lowest BCUT2D eigenvalue weighted by molar-refractivity contribution is 0.898. The van der Waals surface area contributed by atoms with Crippen LogP contribution in [-0.2, 0) is 0 Å². The average molecular weight is 336 g/mol. The van der Waals surface area contributed by atoms with E-state index in [2.05, 4.69) is 4.98 Å². The minimum Gasteiger partial charge on any atom is -0.377 e. The van der Waals surface area contributed by atoms with E-state index in [1.165, 1.54) is 11.3 Å². The molecular formula is C18H16N4OS. The maximum absolute atomic E-state index is 13.1. The molecule has 0 amide bonds. The number of benzene rings is 1. The predicted molar refractivity (Wildman–Crippen MR) is 99.6 cm³/mol. The molecule has 4 rings (SSSR count). The topological polar surface area (TPSA) is 51.0 Å². The van der Waals surface area contributed by atoms with Crippen LogP contribution >= 0.6 is 11.3 Å². The Morgan fingerprint density at radius 1 is 1.12 bits per heavy atom. The Morgan fingerprint density at radius 2 is 1.88 bits per heavy atom. The van der Waals surface area contributed by atoms with Crippen molar-refractivity contribution < 1.29 is 0 Å². The van der Waals surface area contributed by atoms with E-state index in [1.807, 2.05) is 62.3 Å². The summed E-state index contributed by atoms with van der Waals surface area (Å²) in [6.07, 6.45) is 1.77. The molecule has 0 saturated heterocycles. The van der Waals surface area contributed by atoms with Crippen molar-refractivity contribution in [2.24, 2.45) is 0 Å². The van der Waals surface area contributed by atoms with Crippen molar-refractivity contribution in [3.05, 3.63) is 58.8 Å². The Hall–Kier alpha value is -2.73. The highest BCUT2D eigenvalue weighted by Gasteiger charge is 2.18. The van der Waals surface area contributed by atoms with Crippen LogP contribution in [0.3, 0.4) is 0 Å². The minimum absolute atomic E-state index is 0.0450. The van der Waals surface area contributed by atoms with Gasteiger partial charge in [0.05, 0.1) is 16.8 Å². The fourth-order valence-electron chi connectivity index (χ4n) is 2.96. The molecule has 0 aliphatic carbocycles. The van der Waals surface area contributed by atoms with Crippen LogP contribution in [0.2, 0.25) is 0 Å². The van der Waals surface area contributed by atoms with E-state index in [0.717, 1.165) is 27.1 Å². The molecule has 1 aromatic carbocycles. The summed E-state index contributed by atoms with van der Waals surface area (Å²) in [5.41, 5.74) is 2.54. The van der Waals surface area contributed by atoms with E-state index in [0.29, 0.717) is 10.5 Å². The first kappa shape index (κ1) is 14.8. The number of aryl methyl sites for hydroxylation is 1. The van der Waals surface area contributed by atoms with E-state index in [9.17, 15) is 4.79 Å². The molecule has 0 atom stereocenters. The Balaban J connectivity index is 2.14. The van der Waals surface area contributed by atoms with Gasteiger partial charge < -0.3 is 4.90 Å². The molecule has 0 unspecified atom stereocenters. The first-order valence-corrected chi connectivity index (χ1v) is 8.43. The van der Waals surface area contributed by atoms with Gasteiger partial charge in [-0.1, -0.05) is 18.2 Å². The second-order valence-electron chi connectivity index (χ2n) is 5.82. The molecule has 4 aromatic rings. The second kappa shape index (κ2) is 5.42. The molecule has 3 aromatic heterocycles. The zero-order chi connectivity index (χ0) is 16.8. The number of rotatable bonds is 2. The van der Waals surface area contributed by atoms with Crippen LogP contribution in [0.25, 0.3) is 26.1 Å². The van der Waals surface area contributed by atoms with Gasteiger partial charge in [-0.3, -0.25) is 9.36 Å². The summed E-state index contributed by atoms with van der Waals surface area (Å²) >= 11 is 1.40. The Bertz CT molecular complexity index is 1110. The van der Waals surface area contributed by atoms with E-state index >= 15 is 0 Å². The first-order valence-electron chi connectivity index (χ1n) is 7.61. The number of fused-ring (bicyclic) bond motifs is 3. The molecule has 24 heavy (non-hydrogen) atoms. The summed E-state index contributed by atoms with van der Waals surface area (Å²) < 4.78 is 2.30. The SMILES string of the molecule is Cc1nc2c(sc3nccc(N(C)C)c32)c(=O)n1-c1ccccc1. The molecule has 5 nitrogen and oxygen atoms in total. The number of hydrogen-bond acceptors (Lipinski definition) is 5. The first-order chi connectivity index (χ1) is 11.6. The van der Waals surface area contributed by atoms with Gasteiger partial charge >= 0.3 is 0 Å².